The molecule has 0 aliphatic heterocycles. The molecule has 1 heterocycles. The fourth-order valence-electron chi connectivity index (χ4n) is 1.55. The summed E-state index contributed by atoms with van der Waals surface area (Å²) < 4.78 is 7.40. The standard InChI is InChI=1S/C12H12BrN3O2S/c1-16-12(14-7-15-16)19-6-8-5-9(13)3-4-10(8)11(17)18-2/h3-5,7H,6H2,1-2H3. The summed E-state index contributed by atoms with van der Waals surface area (Å²) in [5.74, 6) is 0.289. The van der Waals surface area contributed by atoms with Gasteiger partial charge in [-0.2, -0.15) is 5.10 Å². The summed E-state index contributed by atoms with van der Waals surface area (Å²) in [6.45, 7) is 0. The number of esters is 1. The van der Waals surface area contributed by atoms with Crippen LogP contribution in [-0.4, -0.2) is 27.8 Å². The Morgan fingerprint density at radius 1 is 1.53 bits per heavy atom. The van der Waals surface area contributed by atoms with Crippen molar-refractivity contribution in [2.24, 2.45) is 7.05 Å². The van der Waals surface area contributed by atoms with Gasteiger partial charge in [-0.3, -0.25) is 0 Å². The summed E-state index contributed by atoms with van der Waals surface area (Å²) in [7, 11) is 3.21. The van der Waals surface area contributed by atoms with Crippen molar-refractivity contribution in [1.29, 1.82) is 0 Å². The lowest BCUT2D eigenvalue weighted by Crippen LogP contribution is -2.05. The monoisotopic (exact) mass is 341 g/mol. The first-order valence-electron chi connectivity index (χ1n) is 5.45. The number of benzene rings is 1. The second kappa shape index (κ2) is 6.21. The van der Waals surface area contributed by atoms with E-state index in [2.05, 4.69) is 26.0 Å². The number of carbonyl (C=O) groups is 1. The minimum Gasteiger partial charge on any atom is -0.465 e. The Bertz CT molecular complexity index is 600. The highest BCUT2D eigenvalue weighted by molar-refractivity contribution is 9.10. The highest BCUT2D eigenvalue weighted by Gasteiger charge is 2.13. The van der Waals surface area contributed by atoms with Crippen molar-refractivity contribution < 1.29 is 9.53 Å². The van der Waals surface area contributed by atoms with Crippen molar-refractivity contribution in [3.63, 3.8) is 0 Å². The molecule has 0 atom stereocenters. The van der Waals surface area contributed by atoms with Gasteiger partial charge in [-0.1, -0.05) is 27.7 Å². The van der Waals surface area contributed by atoms with E-state index in [9.17, 15) is 4.79 Å². The zero-order chi connectivity index (χ0) is 13.8. The zero-order valence-electron chi connectivity index (χ0n) is 10.5. The van der Waals surface area contributed by atoms with Crippen LogP contribution < -0.4 is 0 Å². The number of halogens is 1. The summed E-state index contributed by atoms with van der Waals surface area (Å²) in [6.07, 6.45) is 1.50. The average molecular weight is 342 g/mol. The Hall–Kier alpha value is -1.34. The Balaban J connectivity index is 2.21. The minimum atomic E-state index is -0.332. The topological polar surface area (TPSA) is 57.0 Å². The molecule has 0 fully saturated rings. The molecule has 0 amide bonds. The summed E-state index contributed by atoms with van der Waals surface area (Å²) in [6, 6.07) is 5.49. The highest BCUT2D eigenvalue weighted by Crippen LogP contribution is 2.25. The number of thioether (sulfide) groups is 1. The predicted octanol–water partition coefficient (Wildman–Crippen LogP) is 2.66. The van der Waals surface area contributed by atoms with E-state index in [4.69, 9.17) is 4.74 Å². The van der Waals surface area contributed by atoms with Crippen LogP contribution in [0.4, 0.5) is 0 Å². The van der Waals surface area contributed by atoms with Crippen molar-refractivity contribution in [1.82, 2.24) is 14.8 Å². The van der Waals surface area contributed by atoms with Gasteiger partial charge in [0.15, 0.2) is 5.16 Å². The molecule has 0 N–H and O–H groups in total. The van der Waals surface area contributed by atoms with Gasteiger partial charge in [0.05, 0.1) is 12.7 Å². The lowest BCUT2D eigenvalue weighted by atomic mass is 10.1. The van der Waals surface area contributed by atoms with E-state index in [1.165, 1.54) is 25.2 Å². The first kappa shape index (κ1) is 14.1. The molecular formula is C12H12BrN3O2S. The van der Waals surface area contributed by atoms with Gasteiger partial charge in [-0.25, -0.2) is 14.5 Å². The molecule has 7 heteroatoms. The molecule has 100 valence electrons. The zero-order valence-corrected chi connectivity index (χ0v) is 12.9. The molecule has 0 saturated carbocycles. The Labute approximate surface area is 123 Å². The van der Waals surface area contributed by atoms with Gasteiger partial charge < -0.3 is 4.74 Å². The van der Waals surface area contributed by atoms with Crippen molar-refractivity contribution in [3.05, 3.63) is 40.1 Å². The second-order valence-electron chi connectivity index (χ2n) is 3.75. The SMILES string of the molecule is COC(=O)c1ccc(Br)cc1CSc1ncnn1C. The number of aromatic nitrogens is 3. The normalized spacial score (nSPS) is 10.5. The fourth-order valence-corrected chi connectivity index (χ4v) is 2.84. The van der Waals surface area contributed by atoms with E-state index < -0.39 is 0 Å². The lowest BCUT2D eigenvalue weighted by Gasteiger charge is -2.08. The third kappa shape index (κ3) is 3.36. The maximum absolute atomic E-state index is 11.7. The smallest absolute Gasteiger partial charge is 0.338 e. The number of aryl methyl sites for hydroxylation is 1. The molecule has 1 aromatic heterocycles. The Morgan fingerprint density at radius 2 is 2.32 bits per heavy atom. The molecule has 0 saturated heterocycles. The molecule has 19 heavy (non-hydrogen) atoms. The minimum absolute atomic E-state index is 0.332. The summed E-state index contributed by atoms with van der Waals surface area (Å²) in [5.41, 5.74) is 1.47. The van der Waals surface area contributed by atoms with Gasteiger partial charge in [0.2, 0.25) is 0 Å². The van der Waals surface area contributed by atoms with E-state index in [1.807, 2.05) is 19.2 Å². The van der Waals surface area contributed by atoms with Gasteiger partial charge in [-0.05, 0) is 23.8 Å². The van der Waals surface area contributed by atoms with E-state index in [-0.39, 0.29) is 5.97 Å². The maximum Gasteiger partial charge on any atom is 0.338 e. The molecule has 0 unspecified atom stereocenters. The molecule has 2 rings (SSSR count). The van der Waals surface area contributed by atoms with Gasteiger partial charge in [0.1, 0.15) is 6.33 Å². The quantitative estimate of drug-likeness (QED) is 0.632. The van der Waals surface area contributed by atoms with Crippen molar-refractivity contribution in [3.8, 4) is 0 Å². The number of hydrogen-bond donors (Lipinski definition) is 0. The summed E-state index contributed by atoms with van der Waals surface area (Å²) >= 11 is 4.92. The average Bonchev–Trinajstić information content (AvgIpc) is 2.81. The molecule has 1 aromatic carbocycles. The molecule has 5 nitrogen and oxygen atoms in total. The third-order valence-corrected chi connectivity index (χ3v) is 4.08. The third-order valence-electron chi connectivity index (χ3n) is 2.50. The molecule has 0 bridgehead atoms. The van der Waals surface area contributed by atoms with Crippen LogP contribution in [0, 0.1) is 0 Å². The fraction of sp³-hybridized carbons (Fsp3) is 0.250. The second-order valence-corrected chi connectivity index (χ2v) is 5.61. The molecule has 0 aliphatic carbocycles. The molecule has 2 aromatic rings. The summed E-state index contributed by atoms with van der Waals surface area (Å²) in [4.78, 5) is 15.8. The summed E-state index contributed by atoms with van der Waals surface area (Å²) in [5, 5.41) is 4.81. The number of nitrogens with zero attached hydrogens (tertiary/aromatic N) is 3. The molecule has 0 radical (unpaired) electrons. The van der Waals surface area contributed by atoms with E-state index >= 15 is 0 Å². The first-order chi connectivity index (χ1) is 9.11. The first-order valence-corrected chi connectivity index (χ1v) is 7.23. The van der Waals surface area contributed by atoms with Crippen LogP contribution in [0.25, 0.3) is 0 Å². The molecule has 0 aliphatic rings. The largest absolute Gasteiger partial charge is 0.465 e. The lowest BCUT2D eigenvalue weighted by molar-refractivity contribution is 0.0600. The number of hydrogen-bond acceptors (Lipinski definition) is 5. The van der Waals surface area contributed by atoms with Gasteiger partial charge in [-0.15, -0.1) is 0 Å². The van der Waals surface area contributed by atoms with Crippen LogP contribution in [-0.2, 0) is 17.5 Å². The number of methoxy groups -OCH3 is 1. The van der Waals surface area contributed by atoms with Crippen LogP contribution >= 0.6 is 27.7 Å². The van der Waals surface area contributed by atoms with Crippen molar-refractivity contribution in [2.75, 3.05) is 7.11 Å². The maximum atomic E-state index is 11.7. The van der Waals surface area contributed by atoms with Gasteiger partial charge >= 0.3 is 5.97 Å². The van der Waals surface area contributed by atoms with Crippen LogP contribution in [0.15, 0.2) is 34.2 Å². The van der Waals surface area contributed by atoms with Crippen LogP contribution in [0.3, 0.4) is 0 Å². The van der Waals surface area contributed by atoms with E-state index in [1.54, 1.807) is 10.7 Å². The molecular weight excluding hydrogens is 330 g/mol. The number of carbonyl (C=O) groups excluding carboxylic acids is 1. The van der Waals surface area contributed by atoms with E-state index in [0.29, 0.717) is 11.3 Å². The van der Waals surface area contributed by atoms with Crippen molar-refractivity contribution >= 4 is 33.7 Å². The van der Waals surface area contributed by atoms with Crippen molar-refractivity contribution in [2.45, 2.75) is 10.9 Å². The number of rotatable bonds is 4. The number of ether oxygens (including phenoxy) is 1. The Morgan fingerprint density at radius 3 is 2.95 bits per heavy atom. The van der Waals surface area contributed by atoms with Crippen LogP contribution in [0.2, 0.25) is 0 Å². The predicted molar refractivity (Wildman–Crippen MR) is 76.0 cm³/mol. The Kier molecular flexibility index (Phi) is 4.60. The van der Waals surface area contributed by atoms with Gasteiger partial charge in [0.25, 0.3) is 0 Å². The highest BCUT2D eigenvalue weighted by atomic mass is 79.9. The molecule has 0 spiro atoms. The van der Waals surface area contributed by atoms with E-state index in [0.717, 1.165) is 15.2 Å². The van der Waals surface area contributed by atoms with Crippen LogP contribution in [0.1, 0.15) is 15.9 Å². The van der Waals surface area contributed by atoms with Gasteiger partial charge in [0, 0.05) is 17.3 Å². The van der Waals surface area contributed by atoms with Crippen LogP contribution in [0.5, 0.6) is 0 Å².